The van der Waals surface area contributed by atoms with Crippen LogP contribution in [0.25, 0.3) is 0 Å². The predicted molar refractivity (Wildman–Crippen MR) is 117 cm³/mol. The number of hydrogen-bond acceptors (Lipinski definition) is 6. The van der Waals surface area contributed by atoms with Crippen LogP contribution in [-0.2, 0) is 9.84 Å². The van der Waals surface area contributed by atoms with Crippen molar-refractivity contribution < 1.29 is 27.4 Å². The third kappa shape index (κ3) is 5.10. The second-order valence-corrected chi connectivity index (χ2v) is 8.80. The van der Waals surface area contributed by atoms with Gasteiger partial charge in [-0.15, -0.1) is 0 Å². The molecule has 162 valence electrons. The number of ether oxygens (including phenoxy) is 3. The van der Waals surface area contributed by atoms with Gasteiger partial charge in [0.25, 0.3) is 5.91 Å². The second kappa shape index (κ2) is 9.28. The first-order valence-corrected chi connectivity index (χ1v) is 10.9. The van der Waals surface area contributed by atoms with Crippen LogP contribution in [0.3, 0.4) is 0 Å². The lowest BCUT2D eigenvalue weighted by molar-refractivity contribution is 0.102. The Labute approximate surface area is 185 Å². The highest BCUT2D eigenvalue weighted by Crippen LogP contribution is 2.30. The Kier molecular flexibility index (Phi) is 6.72. The van der Waals surface area contributed by atoms with Gasteiger partial charge in [0.05, 0.1) is 31.1 Å². The summed E-state index contributed by atoms with van der Waals surface area (Å²) in [7, 11) is 0.504. The van der Waals surface area contributed by atoms with Crippen LogP contribution in [0, 0.1) is 0 Å². The molecule has 1 amide bonds. The Morgan fingerprint density at radius 1 is 0.774 bits per heavy atom. The maximum absolute atomic E-state index is 13.0. The monoisotopic (exact) mass is 461 g/mol. The molecule has 0 aliphatic heterocycles. The number of rotatable bonds is 7. The standard InChI is InChI=1S/C22H20ClNO6S/c1-28-17-8-14(9-18(12-17)29-2)22(25)24-16-10-19(30-3)13-21(11-16)31(26,27)20-6-4-15(23)5-7-20/h4-13H,1-3H3,(H,24,25). The van der Waals surface area contributed by atoms with Gasteiger partial charge in [-0.1, -0.05) is 11.6 Å². The maximum Gasteiger partial charge on any atom is 0.255 e. The summed E-state index contributed by atoms with van der Waals surface area (Å²) >= 11 is 5.86. The number of amides is 1. The summed E-state index contributed by atoms with van der Waals surface area (Å²) in [6.07, 6.45) is 0. The van der Waals surface area contributed by atoms with Crippen LogP contribution in [-0.4, -0.2) is 35.7 Å². The van der Waals surface area contributed by atoms with E-state index >= 15 is 0 Å². The third-order valence-electron chi connectivity index (χ3n) is 4.42. The van der Waals surface area contributed by atoms with Crippen LogP contribution < -0.4 is 19.5 Å². The van der Waals surface area contributed by atoms with Crippen LogP contribution >= 0.6 is 11.6 Å². The zero-order valence-electron chi connectivity index (χ0n) is 17.0. The molecule has 0 radical (unpaired) electrons. The maximum atomic E-state index is 13.0. The highest BCUT2D eigenvalue weighted by Gasteiger charge is 2.20. The molecule has 3 aromatic carbocycles. The van der Waals surface area contributed by atoms with Crippen LogP contribution in [0.4, 0.5) is 5.69 Å². The highest BCUT2D eigenvalue weighted by atomic mass is 35.5. The fraction of sp³-hybridized carbons (Fsp3) is 0.136. The van der Waals surface area contributed by atoms with Gasteiger partial charge in [-0.3, -0.25) is 4.79 Å². The lowest BCUT2D eigenvalue weighted by Gasteiger charge is -2.12. The van der Waals surface area contributed by atoms with E-state index in [1.54, 1.807) is 18.2 Å². The van der Waals surface area contributed by atoms with Crippen molar-refractivity contribution in [1.29, 1.82) is 0 Å². The minimum absolute atomic E-state index is 0.0345. The van der Waals surface area contributed by atoms with E-state index in [0.29, 0.717) is 16.5 Å². The Bertz CT molecular complexity index is 1190. The van der Waals surface area contributed by atoms with E-state index in [0.717, 1.165) is 0 Å². The number of benzene rings is 3. The third-order valence-corrected chi connectivity index (χ3v) is 6.42. The van der Waals surface area contributed by atoms with Crippen molar-refractivity contribution in [3.8, 4) is 17.2 Å². The molecule has 0 aromatic heterocycles. The summed E-state index contributed by atoms with van der Waals surface area (Å²) in [5, 5.41) is 3.12. The van der Waals surface area contributed by atoms with Crippen LogP contribution in [0.15, 0.2) is 70.5 Å². The molecule has 0 fully saturated rings. The molecule has 0 saturated heterocycles. The quantitative estimate of drug-likeness (QED) is 0.559. The molecule has 31 heavy (non-hydrogen) atoms. The summed E-state index contributed by atoms with van der Waals surface area (Å²) < 4.78 is 41.7. The topological polar surface area (TPSA) is 90.9 Å². The first-order valence-electron chi connectivity index (χ1n) is 9.01. The zero-order valence-corrected chi connectivity index (χ0v) is 18.6. The molecule has 0 bridgehead atoms. The largest absolute Gasteiger partial charge is 0.497 e. The normalized spacial score (nSPS) is 11.0. The Hall–Kier alpha value is -3.23. The van der Waals surface area contributed by atoms with Gasteiger partial charge in [0.15, 0.2) is 0 Å². The van der Waals surface area contributed by atoms with Gasteiger partial charge in [-0.25, -0.2) is 8.42 Å². The number of nitrogens with one attached hydrogen (secondary N) is 1. The van der Waals surface area contributed by atoms with Gasteiger partial charge < -0.3 is 19.5 Å². The number of halogens is 1. The number of carbonyl (C=O) groups excluding carboxylic acids is 1. The lowest BCUT2D eigenvalue weighted by Crippen LogP contribution is -2.13. The molecule has 9 heteroatoms. The average molecular weight is 462 g/mol. The average Bonchev–Trinajstić information content (AvgIpc) is 2.78. The van der Waals surface area contributed by atoms with Crippen LogP contribution in [0.2, 0.25) is 5.02 Å². The van der Waals surface area contributed by atoms with E-state index in [1.165, 1.54) is 63.8 Å². The first kappa shape index (κ1) is 22.5. The summed E-state index contributed by atoms with van der Waals surface area (Å²) in [6.45, 7) is 0. The van der Waals surface area contributed by atoms with Crippen LogP contribution in [0.5, 0.6) is 17.2 Å². The highest BCUT2D eigenvalue weighted by molar-refractivity contribution is 7.91. The number of sulfone groups is 1. The van der Waals surface area contributed by atoms with Crippen molar-refractivity contribution >= 4 is 33.0 Å². The van der Waals surface area contributed by atoms with Crippen molar-refractivity contribution in [3.63, 3.8) is 0 Å². The molecule has 0 atom stereocenters. The number of anilines is 1. The summed E-state index contributed by atoms with van der Waals surface area (Å²) in [4.78, 5) is 12.8. The minimum Gasteiger partial charge on any atom is -0.497 e. The smallest absolute Gasteiger partial charge is 0.255 e. The second-order valence-electron chi connectivity index (χ2n) is 6.41. The molecule has 3 aromatic rings. The number of hydrogen-bond donors (Lipinski definition) is 1. The zero-order chi connectivity index (χ0) is 22.6. The summed E-state index contributed by atoms with van der Waals surface area (Å²) in [5.74, 6) is 0.691. The van der Waals surface area contributed by atoms with Crippen molar-refractivity contribution in [1.82, 2.24) is 0 Å². The Balaban J connectivity index is 1.98. The fourth-order valence-electron chi connectivity index (χ4n) is 2.81. The van der Waals surface area contributed by atoms with Gasteiger partial charge in [-0.05, 0) is 48.5 Å². The molecule has 7 nitrogen and oxygen atoms in total. The van der Waals surface area contributed by atoms with E-state index in [2.05, 4.69) is 5.32 Å². The van der Waals surface area contributed by atoms with Crippen LogP contribution in [0.1, 0.15) is 10.4 Å². The molecular weight excluding hydrogens is 442 g/mol. The fourth-order valence-corrected chi connectivity index (χ4v) is 4.25. The van der Waals surface area contributed by atoms with Crippen molar-refractivity contribution in [2.24, 2.45) is 0 Å². The van der Waals surface area contributed by atoms with E-state index in [1.807, 2.05) is 0 Å². The molecule has 0 spiro atoms. The van der Waals surface area contributed by atoms with Gasteiger partial charge >= 0.3 is 0 Å². The van der Waals surface area contributed by atoms with E-state index < -0.39 is 15.7 Å². The Morgan fingerprint density at radius 3 is 1.87 bits per heavy atom. The molecule has 0 heterocycles. The summed E-state index contributed by atoms with van der Waals surface area (Å²) in [6, 6.07) is 14.8. The molecule has 0 aliphatic carbocycles. The molecule has 0 aliphatic rings. The number of methoxy groups -OCH3 is 3. The number of carbonyl (C=O) groups is 1. The van der Waals surface area contributed by atoms with E-state index in [4.69, 9.17) is 25.8 Å². The molecule has 3 rings (SSSR count). The van der Waals surface area contributed by atoms with Crippen molar-refractivity contribution in [3.05, 3.63) is 71.2 Å². The SMILES string of the molecule is COc1cc(OC)cc(C(=O)Nc2cc(OC)cc(S(=O)(=O)c3ccc(Cl)cc3)c2)c1. The minimum atomic E-state index is -3.86. The van der Waals surface area contributed by atoms with Gasteiger partial charge in [0, 0.05) is 28.4 Å². The summed E-state index contributed by atoms with van der Waals surface area (Å²) in [5.41, 5.74) is 0.528. The predicted octanol–water partition coefficient (Wildman–Crippen LogP) is 4.45. The molecular formula is C22H20ClNO6S. The lowest BCUT2D eigenvalue weighted by atomic mass is 10.1. The Morgan fingerprint density at radius 2 is 1.32 bits per heavy atom. The van der Waals surface area contributed by atoms with Gasteiger partial charge in [0.2, 0.25) is 9.84 Å². The molecule has 0 saturated carbocycles. The van der Waals surface area contributed by atoms with E-state index in [-0.39, 0.29) is 26.8 Å². The molecule has 0 unspecified atom stereocenters. The van der Waals surface area contributed by atoms with Gasteiger partial charge in [0.1, 0.15) is 17.2 Å². The van der Waals surface area contributed by atoms with Gasteiger partial charge in [-0.2, -0.15) is 0 Å². The van der Waals surface area contributed by atoms with E-state index in [9.17, 15) is 13.2 Å². The molecule has 1 N–H and O–H groups in total. The van der Waals surface area contributed by atoms with Crippen molar-refractivity contribution in [2.45, 2.75) is 9.79 Å². The van der Waals surface area contributed by atoms with Crippen molar-refractivity contribution in [2.75, 3.05) is 26.6 Å². The first-order chi connectivity index (χ1) is 14.8.